The number of hydrogen-bond donors (Lipinski definition) is 7. The normalized spacial score (nSPS) is 14.8. The molecule has 53 heavy (non-hydrogen) atoms. The average Bonchev–Trinajstić information content (AvgIpc) is 4.05. The second kappa shape index (κ2) is 15.9. The highest BCUT2D eigenvalue weighted by Crippen LogP contribution is 2.43. The Morgan fingerprint density at radius 2 is 1.26 bits per heavy atom. The molecule has 1 atom stereocenters. The third kappa shape index (κ3) is 9.33. The summed E-state index contributed by atoms with van der Waals surface area (Å²) < 4.78 is 0. The first kappa shape index (κ1) is 37.7. The van der Waals surface area contributed by atoms with Crippen molar-refractivity contribution in [2.24, 2.45) is 0 Å². The summed E-state index contributed by atoms with van der Waals surface area (Å²) in [5.41, 5.74) is 8.51. The van der Waals surface area contributed by atoms with Gasteiger partial charge in [0.05, 0.1) is 12.2 Å². The van der Waals surface area contributed by atoms with E-state index in [9.17, 15) is 29.7 Å². The van der Waals surface area contributed by atoms with Crippen molar-refractivity contribution < 1.29 is 29.7 Å². The minimum Gasteiger partial charge on any atom is -0.480 e. The fourth-order valence-corrected chi connectivity index (χ4v) is 6.56. The van der Waals surface area contributed by atoms with Crippen molar-refractivity contribution in [3.63, 3.8) is 0 Å². The maximum atomic E-state index is 13.5. The summed E-state index contributed by atoms with van der Waals surface area (Å²) in [6, 6.07) is 14.0. The van der Waals surface area contributed by atoms with Crippen LogP contribution >= 0.6 is 0 Å². The van der Waals surface area contributed by atoms with Crippen LogP contribution in [0.15, 0.2) is 60.9 Å². The molecule has 2 aliphatic carbocycles. The average molecular weight is 721 g/mol. The molecule has 2 saturated carbocycles. The van der Waals surface area contributed by atoms with Crippen LogP contribution in [0.4, 0.5) is 11.4 Å². The van der Waals surface area contributed by atoms with Gasteiger partial charge in [0.2, 0.25) is 0 Å². The highest BCUT2D eigenvalue weighted by Gasteiger charge is 2.29. The third-order valence-corrected chi connectivity index (χ3v) is 9.89. The van der Waals surface area contributed by atoms with Gasteiger partial charge < -0.3 is 31.3 Å². The minimum absolute atomic E-state index is 0.213. The Kier molecular flexibility index (Phi) is 11.3. The molecule has 2 aromatic heterocycles. The molecule has 0 spiro atoms. The number of amides is 2. The summed E-state index contributed by atoms with van der Waals surface area (Å²) in [5.74, 6) is -1.10. The van der Waals surface area contributed by atoms with Gasteiger partial charge in [-0.3, -0.25) is 29.7 Å². The van der Waals surface area contributed by atoms with Crippen molar-refractivity contribution in [1.29, 1.82) is 0 Å². The van der Waals surface area contributed by atoms with E-state index in [0.29, 0.717) is 36.1 Å². The summed E-state index contributed by atoms with van der Waals surface area (Å²) in [6.45, 7) is 8.10. The van der Waals surface area contributed by atoms with E-state index in [-0.39, 0.29) is 30.0 Å². The van der Waals surface area contributed by atoms with E-state index >= 15 is 0 Å². The number of pyridine rings is 2. The predicted molar refractivity (Wildman–Crippen MR) is 203 cm³/mol. The molecule has 2 aliphatic rings. The summed E-state index contributed by atoms with van der Waals surface area (Å²) in [6.07, 6.45) is 7.48. The number of carboxylic acids is 1. The van der Waals surface area contributed by atoms with Crippen molar-refractivity contribution in [2.75, 3.05) is 23.8 Å². The molecule has 0 radical (unpaired) electrons. The fraction of sp³-hybridized carbons (Fsp3) is 0.390. The van der Waals surface area contributed by atoms with Crippen LogP contribution in [-0.2, 0) is 17.9 Å². The maximum absolute atomic E-state index is 13.5. The number of aliphatic hydroxyl groups is 2. The van der Waals surface area contributed by atoms with E-state index in [2.05, 4.69) is 31.2 Å². The molecule has 278 valence electrons. The van der Waals surface area contributed by atoms with Crippen LogP contribution in [-0.4, -0.2) is 67.9 Å². The number of aliphatic hydroxyl groups excluding tert-OH is 1. The van der Waals surface area contributed by atoms with E-state index < -0.39 is 24.2 Å². The van der Waals surface area contributed by atoms with Crippen molar-refractivity contribution in [1.82, 2.24) is 20.6 Å². The number of rotatable bonds is 16. The zero-order valence-electron chi connectivity index (χ0n) is 30.6. The molecule has 2 amide bonds. The SMILES string of the molecule is Cc1c(NC(=O)c2cc(C3CC3)c(CNCC(C)(C)O)cn2)cccc1-c1cccc(NC(=O)c2cc(C3CC3)c(CN[C@H](CO)C(=O)O)cn2)c1C. The summed E-state index contributed by atoms with van der Waals surface area (Å²) in [5, 5.41) is 41.0. The van der Waals surface area contributed by atoms with Crippen LogP contribution in [0.1, 0.15) is 106 Å². The van der Waals surface area contributed by atoms with Crippen molar-refractivity contribution >= 4 is 29.2 Å². The number of carboxylic acid groups (broad SMARTS) is 1. The standard InChI is InChI=1S/C41H48N6O6/c1-23-29(7-5-9-33(23)46-38(49)35-15-31(25-11-12-25)27(18-43-35)17-42-22-41(3,4)53)30-8-6-10-34(24(30)2)47-39(50)36-16-32(26-13-14-26)28(19-44-36)20-45-37(21-48)40(51)52/h5-10,15-16,18-19,25-26,37,42,45,48,53H,11-14,17,20-22H2,1-4H3,(H,46,49)(H,47,50)(H,51,52)/t37-/m1/s1. The van der Waals surface area contributed by atoms with Gasteiger partial charge in [-0.05, 0) is 134 Å². The Balaban J connectivity index is 1.17. The van der Waals surface area contributed by atoms with Crippen LogP contribution in [0.2, 0.25) is 0 Å². The molecule has 2 aromatic carbocycles. The number of carbonyl (C=O) groups excluding carboxylic acids is 2. The van der Waals surface area contributed by atoms with Gasteiger partial charge in [0.15, 0.2) is 0 Å². The van der Waals surface area contributed by atoms with Crippen LogP contribution in [0.25, 0.3) is 11.1 Å². The number of carbonyl (C=O) groups is 3. The molecule has 6 rings (SSSR count). The van der Waals surface area contributed by atoms with Crippen LogP contribution < -0.4 is 21.3 Å². The lowest BCUT2D eigenvalue weighted by Gasteiger charge is -2.19. The van der Waals surface area contributed by atoms with E-state index in [4.69, 9.17) is 0 Å². The molecule has 0 unspecified atom stereocenters. The highest BCUT2D eigenvalue weighted by atomic mass is 16.4. The largest absolute Gasteiger partial charge is 0.480 e. The van der Waals surface area contributed by atoms with Crippen molar-refractivity contribution in [3.8, 4) is 11.1 Å². The van der Waals surface area contributed by atoms with Crippen molar-refractivity contribution in [3.05, 3.63) is 106 Å². The van der Waals surface area contributed by atoms with Gasteiger partial charge in [-0.2, -0.15) is 0 Å². The summed E-state index contributed by atoms with van der Waals surface area (Å²) in [4.78, 5) is 47.3. The molecule has 0 bridgehead atoms. The quantitative estimate of drug-likeness (QED) is 0.0789. The first-order valence-electron chi connectivity index (χ1n) is 18.1. The maximum Gasteiger partial charge on any atom is 0.323 e. The van der Waals surface area contributed by atoms with Gasteiger partial charge in [0.25, 0.3) is 11.8 Å². The second-order valence-electron chi connectivity index (χ2n) is 14.8. The molecule has 7 N–H and O–H groups in total. The lowest BCUT2D eigenvalue weighted by Crippen LogP contribution is -2.39. The molecular weight excluding hydrogens is 672 g/mol. The first-order valence-corrected chi connectivity index (χ1v) is 18.1. The van der Waals surface area contributed by atoms with Gasteiger partial charge in [0.1, 0.15) is 17.4 Å². The predicted octanol–water partition coefficient (Wildman–Crippen LogP) is 5.42. The van der Waals surface area contributed by atoms with Crippen molar-refractivity contribution in [2.45, 2.75) is 89.9 Å². The topological polar surface area (TPSA) is 186 Å². The zero-order chi connectivity index (χ0) is 37.9. The highest BCUT2D eigenvalue weighted by molar-refractivity contribution is 6.05. The number of hydrogen-bond acceptors (Lipinski definition) is 9. The molecule has 2 fully saturated rings. The Bertz CT molecular complexity index is 2020. The third-order valence-electron chi connectivity index (χ3n) is 9.89. The first-order chi connectivity index (χ1) is 25.3. The Hall–Kier alpha value is -5.01. The number of anilines is 2. The van der Waals surface area contributed by atoms with Gasteiger partial charge in [-0.1, -0.05) is 24.3 Å². The Labute approximate surface area is 309 Å². The molecule has 0 aliphatic heterocycles. The minimum atomic E-state index is -1.14. The molecule has 0 saturated heterocycles. The molecule has 12 nitrogen and oxygen atoms in total. The van der Waals surface area contributed by atoms with E-state index in [1.54, 1.807) is 32.3 Å². The van der Waals surface area contributed by atoms with Crippen LogP contribution in [0, 0.1) is 13.8 Å². The summed E-state index contributed by atoms with van der Waals surface area (Å²) >= 11 is 0. The zero-order valence-corrected chi connectivity index (χ0v) is 30.6. The van der Waals surface area contributed by atoms with E-state index in [1.165, 1.54) is 0 Å². The van der Waals surface area contributed by atoms with Crippen LogP contribution in [0.5, 0.6) is 0 Å². The lowest BCUT2D eigenvalue weighted by atomic mass is 9.94. The molecule has 4 aromatic rings. The Morgan fingerprint density at radius 3 is 1.68 bits per heavy atom. The fourth-order valence-electron chi connectivity index (χ4n) is 6.56. The van der Waals surface area contributed by atoms with Gasteiger partial charge >= 0.3 is 5.97 Å². The van der Waals surface area contributed by atoms with Gasteiger partial charge in [-0.25, -0.2) is 0 Å². The number of nitrogens with zero attached hydrogens (tertiary/aromatic N) is 2. The molecular formula is C41H48N6O6. The summed E-state index contributed by atoms with van der Waals surface area (Å²) in [7, 11) is 0. The van der Waals surface area contributed by atoms with Crippen LogP contribution in [0.3, 0.4) is 0 Å². The van der Waals surface area contributed by atoms with Gasteiger partial charge in [-0.15, -0.1) is 0 Å². The second-order valence-corrected chi connectivity index (χ2v) is 14.8. The van der Waals surface area contributed by atoms with E-state index in [0.717, 1.165) is 70.2 Å². The lowest BCUT2D eigenvalue weighted by molar-refractivity contribution is -0.140. The number of benzene rings is 2. The monoisotopic (exact) mass is 720 g/mol. The van der Waals surface area contributed by atoms with E-state index in [1.807, 2.05) is 56.3 Å². The Morgan fingerprint density at radius 1 is 0.792 bits per heavy atom. The number of nitrogens with one attached hydrogen (secondary N) is 4. The molecule has 12 heteroatoms. The number of aromatic nitrogens is 2. The van der Waals surface area contributed by atoms with Gasteiger partial charge in [0, 0.05) is 43.4 Å². The number of aliphatic carboxylic acids is 1. The molecule has 2 heterocycles. The smallest absolute Gasteiger partial charge is 0.323 e.